The van der Waals surface area contributed by atoms with E-state index in [-0.39, 0.29) is 71.0 Å². The third kappa shape index (κ3) is 4.08. The summed E-state index contributed by atoms with van der Waals surface area (Å²) in [5, 5.41) is 10.3. The molecule has 6 amide bonds. The number of hydrazine groups is 3. The van der Waals surface area contributed by atoms with Gasteiger partial charge in [0, 0.05) is 35.5 Å². The summed E-state index contributed by atoms with van der Waals surface area (Å²) >= 11 is 0. The predicted octanol–water partition coefficient (Wildman–Crippen LogP) is 5.48. The minimum atomic E-state index is -0.845. The van der Waals surface area contributed by atoms with Gasteiger partial charge in [-0.15, -0.1) is 0 Å². The van der Waals surface area contributed by atoms with Crippen molar-refractivity contribution in [3.63, 3.8) is 0 Å². The Balaban J connectivity index is 0.819. The topological polar surface area (TPSA) is 122 Å². The van der Waals surface area contributed by atoms with Crippen molar-refractivity contribution in [3.05, 3.63) is 175 Å². The number of carbonyl (C=O) groups excluding carboxylic acids is 6. The Bertz CT molecular complexity index is 2690. The lowest BCUT2D eigenvalue weighted by atomic mass is 9.68. The van der Waals surface area contributed by atoms with E-state index in [2.05, 4.69) is 0 Å². The summed E-state index contributed by atoms with van der Waals surface area (Å²) in [6.07, 6.45) is 2.75. The van der Waals surface area contributed by atoms with Crippen molar-refractivity contribution in [3.8, 4) is 0 Å². The van der Waals surface area contributed by atoms with Crippen molar-refractivity contribution in [1.82, 2.24) is 30.1 Å². The molecule has 6 aliphatic heterocycles. The number of hydrogen-bond donors (Lipinski definition) is 0. The number of fused-ring (bicyclic) bond motifs is 27. The van der Waals surface area contributed by atoms with Gasteiger partial charge in [0.15, 0.2) is 0 Å². The van der Waals surface area contributed by atoms with Gasteiger partial charge in [-0.2, -0.15) is 0 Å². The van der Waals surface area contributed by atoms with Crippen molar-refractivity contribution >= 4 is 35.4 Å². The molecule has 0 radical (unpaired) electrons. The second-order valence-electron chi connectivity index (χ2n) is 20.6. The maximum Gasteiger partial charge on any atom is 0.258 e. The van der Waals surface area contributed by atoms with E-state index in [9.17, 15) is 28.8 Å². The van der Waals surface area contributed by atoms with Crippen molar-refractivity contribution in [2.24, 2.45) is 0 Å². The number of benzene rings is 4. The number of amides is 6. The van der Waals surface area contributed by atoms with Crippen LogP contribution in [0, 0.1) is 0 Å². The first-order valence-corrected chi connectivity index (χ1v) is 23.7. The molecule has 3 unspecified atom stereocenters. The first-order chi connectivity index (χ1) is 32.3. The lowest BCUT2D eigenvalue weighted by molar-refractivity contribution is -0.146. The van der Waals surface area contributed by atoms with Crippen molar-refractivity contribution < 1.29 is 28.8 Å². The average molecular weight is 871 g/mol. The summed E-state index contributed by atoms with van der Waals surface area (Å²) in [7, 11) is 0. The Hall–Kier alpha value is -7.08. The Labute approximate surface area is 379 Å². The quantitative estimate of drug-likeness (QED) is 0.199. The molecule has 12 heteroatoms. The van der Waals surface area contributed by atoms with Gasteiger partial charge in [-0.05, 0) is 103 Å². The minimum Gasteiger partial charge on any atom is -0.272 e. The highest BCUT2D eigenvalue weighted by Crippen LogP contribution is 2.73. The molecule has 6 heterocycles. The summed E-state index contributed by atoms with van der Waals surface area (Å²) in [6.45, 7) is 2.43. The maximum absolute atomic E-state index is 14.2. The van der Waals surface area contributed by atoms with E-state index in [4.69, 9.17) is 0 Å². The van der Waals surface area contributed by atoms with Gasteiger partial charge in [0.2, 0.25) is 0 Å². The third-order valence-corrected chi connectivity index (χ3v) is 18.2. The molecule has 0 aromatic heterocycles. The fourth-order valence-electron chi connectivity index (χ4n) is 15.7. The molecular formula is C54H42N6O6. The molecule has 6 bridgehead atoms. The zero-order valence-electron chi connectivity index (χ0n) is 35.9. The molecule has 0 spiro atoms. The summed E-state index contributed by atoms with van der Waals surface area (Å²) < 4.78 is 0. The molecule has 3 saturated heterocycles. The van der Waals surface area contributed by atoms with E-state index in [1.807, 2.05) is 91.0 Å². The van der Waals surface area contributed by atoms with Gasteiger partial charge in [0.05, 0.1) is 39.3 Å². The molecule has 66 heavy (non-hydrogen) atoms. The van der Waals surface area contributed by atoms with E-state index in [0.717, 1.165) is 36.0 Å². The maximum atomic E-state index is 14.2. The van der Waals surface area contributed by atoms with Crippen LogP contribution in [0.1, 0.15) is 123 Å². The van der Waals surface area contributed by atoms with E-state index >= 15 is 0 Å². The number of nitrogens with zero attached hydrogens (tertiary/aromatic N) is 6. The molecule has 0 N–H and O–H groups in total. The van der Waals surface area contributed by atoms with Crippen molar-refractivity contribution in [2.45, 2.75) is 72.5 Å². The summed E-state index contributed by atoms with van der Waals surface area (Å²) in [6, 6.07) is 28.3. The van der Waals surface area contributed by atoms with Crippen LogP contribution in [0.4, 0.5) is 0 Å². The Morgan fingerprint density at radius 2 is 0.455 bits per heavy atom. The highest BCUT2D eigenvalue weighted by Gasteiger charge is 2.63. The van der Waals surface area contributed by atoms with E-state index in [1.165, 1.54) is 66.8 Å². The molecule has 12 nitrogen and oxygen atoms in total. The van der Waals surface area contributed by atoms with Crippen LogP contribution in [-0.2, 0) is 28.8 Å². The van der Waals surface area contributed by atoms with Crippen LogP contribution in [0.15, 0.2) is 124 Å². The van der Waals surface area contributed by atoms with Gasteiger partial charge in [0.1, 0.15) is 17.8 Å². The molecule has 6 aliphatic carbocycles. The second kappa shape index (κ2) is 12.0. The Morgan fingerprint density at radius 3 is 0.636 bits per heavy atom. The predicted molar refractivity (Wildman–Crippen MR) is 236 cm³/mol. The minimum absolute atomic E-state index is 0.111. The number of rotatable bonds is 3. The molecule has 4 aromatic rings. The normalized spacial score (nSPS) is 32.3. The molecule has 16 rings (SSSR count). The first kappa shape index (κ1) is 36.2. The van der Waals surface area contributed by atoms with Crippen LogP contribution in [-0.4, -0.2) is 105 Å². The summed E-state index contributed by atoms with van der Waals surface area (Å²) in [4.78, 5) is 85.2. The van der Waals surface area contributed by atoms with Gasteiger partial charge in [-0.3, -0.25) is 28.8 Å². The van der Waals surface area contributed by atoms with Crippen LogP contribution in [0.25, 0.3) is 0 Å². The molecule has 12 aliphatic rings. The second-order valence-corrected chi connectivity index (χ2v) is 20.6. The monoisotopic (exact) mass is 870 g/mol. The average Bonchev–Trinajstić information content (AvgIpc) is 4.25. The van der Waals surface area contributed by atoms with Crippen molar-refractivity contribution in [1.29, 1.82) is 0 Å². The van der Waals surface area contributed by atoms with E-state index < -0.39 is 17.8 Å². The summed E-state index contributed by atoms with van der Waals surface area (Å²) in [5.41, 5.74) is 18.3. The zero-order chi connectivity index (χ0) is 43.8. The Morgan fingerprint density at radius 1 is 0.273 bits per heavy atom. The van der Waals surface area contributed by atoms with Gasteiger partial charge in [-0.1, -0.05) is 91.0 Å². The molecule has 9 atom stereocenters. The standard InChI is InChI=1S/C54H42N6O6/c61-49-40(25-10-4-1-5-11-25)50(62)56-20-35-29-16-28(34(35)19-55(49)56)43-44(29)46-31-18-33(39-24-60-54(66)42(27-14-8-3-9-15-27)52(64)58(60)22-37(31)39)48(46)47-32-17-30(45(43)47)36-21-57-51(63)41(26-12-6-2-7-13-26)53(65)59(57)23-38(32)36/h1-15,28-33,40-42H,16-24H2/t28-,29+,30+,31-,32-,33+,40?,41?,42?. The molecule has 3 fully saturated rings. The summed E-state index contributed by atoms with van der Waals surface area (Å²) in [5.74, 6) is -2.83. The van der Waals surface area contributed by atoms with E-state index in [1.54, 1.807) is 30.1 Å². The SMILES string of the molecule is O=C1C(c2ccccc2)C(=O)N2CC3=C(CN12)[C@H]1C[C@@H]3c2c1c1c(c3c2[C@@H]2C[C@H]3C3=C2CN2C(=O)C(c4ccccc4)C(=O)N2C3)[C@@H]2C[C@H]1C1=C2CN2C(=O)C(c3ccccc3)C(=O)N2C1. The van der Waals surface area contributed by atoms with Crippen LogP contribution in [0.5, 0.6) is 0 Å². The fraction of sp³-hybridized carbons (Fsp3) is 0.333. The highest BCUT2D eigenvalue weighted by atomic mass is 16.2. The smallest absolute Gasteiger partial charge is 0.258 e. The van der Waals surface area contributed by atoms with Crippen molar-refractivity contribution in [2.75, 3.05) is 39.3 Å². The fourth-order valence-corrected chi connectivity index (χ4v) is 15.7. The molecule has 0 saturated carbocycles. The zero-order valence-corrected chi connectivity index (χ0v) is 35.9. The molecular weight excluding hydrogens is 829 g/mol. The lowest BCUT2D eigenvalue weighted by Crippen LogP contribution is -2.48. The van der Waals surface area contributed by atoms with E-state index in [0.29, 0.717) is 39.3 Å². The largest absolute Gasteiger partial charge is 0.272 e. The third-order valence-electron chi connectivity index (χ3n) is 18.2. The van der Waals surface area contributed by atoms with Gasteiger partial charge < -0.3 is 0 Å². The van der Waals surface area contributed by atoms with Crippen LogP contribution in [0.3, 0.4) is 0 Å². The highest BCUT2D eigenvalue weighted by molar-refractivity contribution is 6.12. The van der Waals surface area contributed by atoms with Crippen LogP contribution in [0.2, 0.25) is 0 Å². The molecule has 4 aromatic carbocycles. The number of hydrogen-bond acceptors (Lipinski definition) is 6. The van der Waals surface area contributed by atoms with Crippen LogP contribution < -0.4 is 0 Å². The number of carbonyl (C=O) groups is 6. The Kier molecular flexibility index (Phi) is 6.59. The van der Waals surface area contributed by atoms with Gasteiger partial charge in [0.25, 0.3) is 35.4 Å². The lowest BCUT2D eigenvalue weighted by Gasteiger charge is -2.43. The van der Waals surface area contributed by atoms with Crippen LogP contribution >= 0.6 is 0 Å². The van der Waals surface area contributed by atoms with Gasteiger partial charge >= 0.3 is 0 Å². The molecule has 324 valence electrons. The first-order valence-electron chi connectivity index (χ1n) is 23.7. The van der Waals surface area contributed by atoms with Gasteiger partial charge in [-0.25, -0.2) is 30.1 Å².